The summed E-state index contributed by atoms with van der Waals surface area (Å²) in [6.45, 7) is 0. The lowest BCUT2D eigenvalue weighted by atomic mass is 10.1. The van der Waals surface area contributed by atoms with Crippen LogP contribution >= 0.6 is 15.9 Å². The minimum Gasteiger partial charge on any atom is -0.340 e. The van der Waals surface area contributed by atoms with E-state index in [4.69, 9.17) is 0 Å². The number of hydrogen-bond acceptors (Lipinski definition) is 4. The summed E-state index contributed by atoms with van der Waals surface area (Å²) in [5, 5.41) is 6.16. The van der Waals surface area contributed by atoms with E-state index in [2.05, 4.69) is 36.5 Å². The second-order valence-corrected chi connectivity index (χ2v) is 7.23. The molecule has 3 aromatic carbocycles. The van der Waals surface area contributed by atoms with Gasteiger partial charge in [0, 0.05) is 33.0 Å². The van der Waals surface area contributed by atoms with Gasteiger partial charge in [-0.3, -0.25) is 4.79 Å². The van der Waals surface area contributed by atoms with E-state index < -0.39 is 0 Å². The van der Waals surface area contributed by atoms with Crippen LogP contribution in [-0.4, -0.2) is 15.9 Å². The van der Waals surface area contributed by atoms with Crippen molar-refractivity contribution < 1.29 is 4.79 Å². The minimum absolute atomic E-state index is 0.151. The monoisotopic (exact) mass is 444 g/mol. The number of nitrogens with one attached hydrogen (secondary N) is 2. The molecule has 0 aliphatic heterocycles. The van der Waals surface area contributed by atoms with Crippen LogP contribution in [0.4, 0.5) is 17.2 Å². The minimum atomic E-state index is -0.151. The molecule has 0 saturated heterocycles. The van der Waals surface area contributed by atoms with Gasteiger partial charge in [0.1, 0.15) is 12.1 Å². The molecule has 0 radical (unpaired) electrons. The van der Waals surface area contributed by atoms with E-state index in [-0.39, 0.29) is 5.91 Å². The predicted octanol–water partition coefficient (Wildman–Crippen LogP) is 5.90. The van der Waals surface area contributed by atoms with Crippen molar-refractivity contribution in [3.05, 3.63) is 101 Å². The quantitative estimate of drug-likeness (QED) is 0.401. The van der Waals surface area contributed by atoms with Crippen molar-refractivity contribution in [3.63, 3.8) is 0 Å². The van der Waals surface area contributed by atoms with Gasteiger partial charge in [-0.2, -0.15) is 0 Å². The van der Waals surface area contributed by atoms with E-state index >= 15 is 0 Å². The Hall–Kier alpha value is -3.51. The highest BCUT2D eigenvalue weighted by molar-refractivity contribution is 9.10. The molecule has 0 bridgehead atoms. The molecule has 5 nitrogen and oxygen atoms in total. The first-order valence-electron chi connectivity index (χ1n) is 8.99. The number of nitrogens with zero attached hydrogens (tertiary/aromatic N) is 2. The van der Waals surface area contributed by atoms with Gasteiger partial charge in [0.05, 0.1) is 5.69 Å². The normalized spacial score (nSPS) is 10.4. The first kappa shape index (κ1) is 18.8. The van der Waals surface area contributed by atoms with Crippen LogP contribution in [0.2, 0.25) is 0 Å². The Labute approximate surface area is 177 Å². The van der Waals surface area contributed by atoms with Gasteiger partial charge < -0.3 is 10.6 Å². The van der Waals surface area contributed by atoms with Crippen molar-refractivity contribution in [1.29, 1.82) is 0 Å². The van der Waals surface area contributed by atoms with Gasteiger partial charge in [-0.25, -0.2) is 9.97 Å². The van der Waals surface area contributed by atoms with E-state index in [0.29, 0.717) is 11.4 Å². The van der Waals surface area contributed by atoms with Crippen LogP contribution in [0.25, 0.3) is 11.3 Å². The van der Waals surface area contributed by atoms with Crippen molar-refractivity contribution >= 4 is 39.0 Å². The lowest BCUT2D eigenvalue weighted by Crippen LogP contribution is -2.11. The molecule has 0 atom stereocenters. The van der Waals surface area contributed by atoms with Gasteiger partial charge in [0.25, 0.3) is 5.91 Å². The van der Waals surface area contributed by atoms with Crippen LogP contribution < -0.4 is 10.6 Å². The Morgan fingerprint density at radius 1 is 0.793 bits per heavy atom. The van der Waals surface area contributed by atoms with Crippen LogP contribution in [-0.2, 0) is 0 Å². The highest BCUT2D eigenvalue weighted by Gasteiger charge is 2.06. The standard InChI is InChI=1S/C23H17BrN4O/c24-18-8-6-17(7-9-18)23(29)28-20-12-10-19(11-13-20)27-22-14-21(25-15-26-22)16-4-2-1-3-5-16/h1-15H,(H,28,29)(H,25,26,27). The molecule has 1 amide bonds. The van der Waals surface area contributed by atoms with Crippen LogP contribution in [0.3, 0.4) is 0 Å². The molecule has 29 heavy (non-hydrogen) atoms. The number of halogens is 1. The Morgan fingerprint density at radius 3 is 2.21 bits per heavy atom. The summed E-state index contributed by atoms with van der Waals surface area (Å²) < 4.78 is 0.935. The third kappa shape index (κ3) is 4.86. The van der Waals surface area contributed by atoms with E-state index in [1.165, 1.54) is 6.33 Å². The summed E-state index contributed by atoms with van der Waals surface area (Å²) in [6, 6.07) is 26.5. The molecule has 4 rings (SSSR count). The average Bonchev–Trinajstić information content (AvgIpc) is 2.76. The Bertz CT molecular complexity index is 1110. The van der Waals surface area contributed by atoms with Crippen LogP contribution in [0, 0.1) is 0 Å². The fraction of sp³-hybridized carbons (Fsp3) is 0. The van der Waals surface area contributed by atoms with Crippen LogP contribution in [0.15, 0.2) is 95.7 Å². The summed E-state index contributed by atoms with van der Waals surface area (Å²) in [5.41, 5.74) is 4.07. The fourth-order valence-electron chi connectivity index (χ4n) is 2.78. The zero-order valence-corrected chi connectivity index (χ0v) is 16.9. The SMILES string of the molecule is O=C(Nc1ccc(Nc2cc(-c3ccccc3)ncn2)cc1)c1ccc(Br)cc1. The maximum Gasteiger partial charge on any atom is 0.255 e. The second kappa shape index (κ2) is 8.67. The molecule has 0 spiro atoms. The maximum atomic E-state index is 12.3. The van der Waals surface area contributed by atoms with Crippen molar-refractivity contribution in [3.8, 4) is 11.3 Å². The van der Waals surface area contributed by atoms with Gasteiger partial charge in [0.2, 0.25) is 0 Å². The largest absolute Gasteiger partial charge is 0.340 e. The molecule has 4 aromatic rings. The van der Waals surface area contributed by atoms with Gasteiger partial charge in [-0.15, -0.1) is 0 Å². The molecule has 0 fully saturated rings. The average molecular weight is 445 g/mol. The number of carbonyl (C=O) groups is 1. The van der Waals surface area contributed by atoms with Gasteiger partial charge in [-0.05, 0) is 48.5 Å². The molecule has 6 heteroatoms. The number of benzene rings is 3. The zero-order valence-electron chi connectivity index (χ0n) is 15.3. The molecule has 142 valence electrons. The fourth-order valence-corrected chi connectivity index (χ4v) is 3.05. The highest BCUT2D eigenvalue weighted by Crippen LogP contribution is 2.22. The lowest BCUT2D eigenvalue weighted by molar-refractivity contribution is 0.102. The third-order valence-electron chi connectivity index (χ3n) is 4.26. The Kier molecular flexibility index (Phi) is 5.63. The number of rotatable bonds is 5. The van der Waals surface area contributed by atoms with Crippen molar-refractivity contribution in [2.75, 3.05) is 10.6 Å². The molecular weight excluding hydrogens is 428 g/mol. The molecule has 1 aromatic heterocycles. The van der Waals surface area contributed by atoms with Gasteiger partial charge in [-0.1, -0.05) is 46.3 Å². The second-order valence-electron chi connectivity index (χ2n) is 6.32. The smallest absolute Gasteiger partial charge is 0.255 e. The van der Waals surface area contributed by atoms with Crippen molar-refractivity contribution in [2.45, 2.75) is 0 Å². The molecule has 0 aliphatic carbocycles. The number of carbonyl (C=O) groups excluding carboxylic acids is 1. The van der Waals surface area contributed by atoms with E-state index in [9.17, 15) is 4.79 Å². The van der Waals surface area contributed by atoms with Gasteiger partial charge in [0.15, 0.2) is 0 Å². The summed E-state index contributed by atoms with van der Waals surface area (Å²) in [5.74, 6) is 0.548. The summed E-state index contributed by atoms with van der Waals surface area (Å²) in [6.07, 6.45) is 1.54. The highest BCUT2D eigenvalue weighted by atomic mass is 79.9. The first-order valence-corrected chi connectivity index (χ1v) is 9.78. The molecule has 0 aliphatic rings. The molecular formula is C23H17BrN4O. The van der Waals surface area contributed by atoms with Gasteiger partial charge >= 0.3 is 0 Å². The number of aromatic nitrogens is 2. The molecule has 1 heterocycles. The summed E-state index contributed by atoms with van der Waals surface area (Å²) >= 11 is 3.37. The molecule has 2 N–H and O–H groups in total. The molecule has 0 unspecified atom stereocenters. The molecule has 0 saturated carbocycles. The van der Waals surface area contributed by atoms with E-state index in [1.54, 1.807) is 12.1 Å². The summed E-state index contributed by atoms with van der Waals surface area (Å²) in [7, 11) is 0. The number of anilines is 3. The summed E-state index contributed by atoms with van der Waals surface area (Å²) in [4.78, 5) is 20.9. The van der Waals surface area contributed by atoms with Crippen molar-refractivity contribution in [2.24, 2.45) is 0 Å². The Balaban J connectivity index is 1.43. The Morgan fingerprint density at radius 2 is 1.48 bits per heavy atom. The van der Waals surface area contributed by atoms with E-state index in [1.807, 2.05) is 72.8 Å². The third-order valence-corrected chi connectivity index (χ3v) is 4.79. The number of hydrogen-bond donors (Lipinski definition) is 2. The zero-order chi connectivity index (χ0) is 20.1. The van der Waals surface area contributed by atoms with Crippen LogP contribution in [0.5, 0.6) is 0 Å². The predicted molar refractivity (Wildman–Crippen MR) is 119 cm³/mol. The number of amides is 1. The van der Waals surface area contributed by atoms with E-state index in [0.717, 1.165) is 27.1 Å². The lowest BCUT2D eigenvalue weighted by Gasteiger charge is -2.09. The first-order chi connectivity index (χ1) is 14.2. The van der Waals surface area contributed by atoms with Crippen molar-refractivity contribution in [1.82, 2.24) is 9.97 Å². The topological polar surface area (TPSA) is 66.9 Å². The van der Waals surface area contributed by atoms with Crippen LogP contribution in [0.1, 0.15) is 10.4 Å². The maximum absolute atomic E-state index is 12.3.